The van der Waals surface area contributed by atoms with E-state index in [-0.39, 0.29) is 5.91 Å². The maximum Gasteiger partial charge on any atom is 0.231 e. The zero-order valence-corrected chi connectivity index (χ0v) is 12.6. The van der Waals surface area contributed by atoms with Gasteiger partial charge in [0.2, 0.25) is 5.91 Å². The number of hydrogen-bond donors (Lipinski definition) is 2. The van der Waals surface area contributed by atoms with E-state index in [1.807, 2.05) is 52.8 Å². The van der Waals surface area contributed by atoms with Crippen molar-refractivity contribution in [2.75, 3.05) is 12.4 Å². The number of nitrogens with one attached hydrogen (secondary N) is 1. The average molecular weight is 264 g/mol. The molecule has 106 valence electrons. The van der Waals surface area contributed by atoms with Crippen molar-refractivity contribution < 1.29 is 9.53 Å². The summed E-state index contributed by atoms with van der Waals surface area (Å²) in [6.45, 7) is 9.33. The monoisotopic (exact) mass is 264 g/mol. The van der Waals surface area contributed by atoms with Crippen molar-refractivity contribution in [1.29, 1.82) is 0 Å². The molecule has 1 amide bonds. The maximum absolute atomic E-state index is 12.3. The highest BCUT2D eigenvalue weighted by Gasteiger charge is 2.40. The zero-order valence-electron chi connectivity index (χ0n) is 12.6. The van der Waals surface area contributed by atoms with Crippen molar-refractivity contribution in [3.05, 3.63) is 23.8 Å². The highest BCUT2D eigenvalue weighted by Crippen LogP contribution is 2.30. The van der Waals surface area contributed by atoms with Crippen molar-refractivity contribution in [3.8, 4) is 5.75 Å². The minimum Gasteiger partial charge on any atom is -0.496 e. The lowest BCUT2D eigenvalue weighted by Crippen LogP contribution is -2.53. The molecule has 0 aliphatic rings. The third-order valence-electron chi connectivity index (χ3n) is 3.83. The molecule has 0 radical (unpaired) electrons. The fourth-order valence-electron chi connectivity index (χ4n) is 1.54. The van der Waals surface area contributed by atoms with Crippen LogP contribution in [0.1, 0.15) is 33.3 Å². The number of benzene rings is 1. The van der Waals surface area contributed by atoms with Gasteiger partial charge in [-0.1, -0.05) is 0 Å². The van der Waals surface area contributed by atoms with Crippen LogP contribution < -0.4 is 15.8 Å². The first-order valence-corrected chi connectivity index (χ1v) is 6.34. The zero-order chi connectivity index (χ0) is 14.8. The molecule has 0 bridgehead atoms. The molecule has 19 heavy (non-hydrogen) atoms. The first kappa shape index (κ1) is 15.5. The highest BCUT2D eigenvalue weighted by atomic mass is 16.5. The number of carbonyl (C=O) groups excluding carboxylic acids is 1. The number of hydrogen-bond acceptors (Lipinski definition) is 3. The van der Waals surface area contributed by atoms with Gasteiger partial charge in [-0.2, -0.15) is 0 Å². The highest BCUT2D eigenvalue weighted by molar-refractivity contribution is 5.95. The largest absolute Gasteiger partial charge is 0.496 e. The second-order valence-electron chi connectivity index (χ2n) is 5.99. The quantitative estimate of drug-likeness (QED) is 0.878. The number of ether oxygens (including phenoxy) is 1. The topological polar surface area (TPSA) is 64.3 Å². The number of aryl methyl sites for hydroxylation is 1. The summed E-state index contributed by atoms with van der Waals surface area (Å²) in [5.41, 5.74) is 6.53. The molecule has 0 saturated carbocycles. The van der Waals surface area contributed by atoms with Crippen molar-refractivity contribution in [3.63, 3.8) is 0 Å². The van der Waals surface area contributed by atoms with E-state index in [0.717, 1.165) is 17.0 Å². The number of rotatable bonds is 4. The first-order valence-electron chi connectivity index (χ1n) is 6.34. The molecular weight excluding hydrogens is 240 g/mol. The summed E-state index contributed by atoms with van der Waals surface area (Å²) in [6.07, 6.45) is 0. The van der Waals surface area contributed by atoms with Crippen LogP contribution in [-0.4, -0.2) is 18.6 Å². The summed E-state index contributed by atoms with van der Waals surface area (Å²) >= 11 is 0. The molecule has 0 unspecified atom stereocenters. The van der Waals surface area contributed by atoms with Crippen LogP contribution in [0.25, 0.3) is 0 Å². The van der Waals surface area contributed by atoms with Crippen LogP contribution in [0.4, 0.5) is 5.69 Å². The Morgan fingerprint density at radius 2 is 1.84 bits per heavy atom. The van der Waals surface area contributed by atoms with Crippen LogP contribution in [-0.2, 0) is 4.79 Å². The Labute approximate surface area is 115 Å². The molecule has 4 nitrogen and oxygen atoms in total. The third-order valence-corrected chi connectivity index (χ3v) is 3.83. The first-order chi connectivity index (χ1) is 8.59. The van der Waals surface area contributed by atoms with Gasteiger partial charge in [-0.25, -0.2) is 0 Å². The fraction of sp³-hybridized carbons (Fsp3) is 0.533. The van der Waals surface area contributed by atoms with E-state index in [4.69, 9.17) is 10.5 Å². The van der Waals surface area contributed by atoms with Crippen LogP contribution in [0.2, 0.25) is 0 Å². The van der Waals surface area contributed by atoms with Crippen LogP contribution in [0, 0.1) is 12.3 Å². The smallest absolute Gasteiger partial charge is 0.231 e. The van der Waals surface area contributed by atoms with Crippen LogP contribution in [0.15, 0.2) is 18.2 Å². The molecular formula is C15H24N2O2. The molecule has 1 aromatic carbocycles. The molecule has 0 atom stereocenters. The van der Waals surface area contributed by atoms with Gasteiger partial charge in [-0.15, -0.1) is 0 Å². The van der Waals surface area contributed by atoms with Crippen molar-refractivity contribution >= 4 is 11.6 Å². The third kappa shape index (κ3) is 3.26. The molecule has 0 heterocycles. The Morgan fingerprint density at radius 1 is 1.26 bits per heavy atom. The predicted octanol–water partition coefficient (Wildman–Crippen LogP) is 2.71. The van der Waals surface area contributed by atoms with Crippen molar-refractivity contribution in [1.82, 2.24) is 0 Å². The summed E-state index contributed by atoms with van der Waals surface area (Å²) in [4.78, 5) is 12.3. The molecule has 4 heteroatoms. The molecule has 0 aliphatic carbocycles. The summed E-state index contributed by atoms with van der Waals surface area (Å²) in [5.74, 6) is 0.709. The van der Waals surface area contributed by atoms with E-state index >= 15 is 0 Å². The number of carbonyl (C=O) groups is 1. The Kier molecular flexibility index (Phi) is 4.25. The van der Waals surface area contributed by atoms with Crippen molar-refractivity contribution in [2.24, 2.45) is 11.1 Å². The normalized spacial score (nSPS) is 12.2. The lowest BCUT2D eigenvalue weighted by atomic mass is 9.74. The van der Waals surface area contributed by atoms with Gasteiger partial charge in [-0.05, 0) is 58.4 Å². The van der Waals surface area contributed by atoms with Crippen LogP contribution in [0.5, 0.6) is 5.75 Å². The lowest BCUT2D eigenvalue weighted by Gasteiger charge is -2.36. The molecule has 0 aromatic heterocycles. The fourth-order valence-corrected chi connectivity index (χ4v) is 1.54. The van der Waals surface area contributed by atoms with E-state index in [1.54, 1.807) is 7.11 Å². The molecule has 0 spiro atoms. The Bertz CT molecular complexity index is 474. The van der Waals surface area contributed by atoms with Gasteiger partial charge in [0, 0.05) is 11.2 Å². The summed E-state index contributed by atoms with van der Waals surface area (Å²) < 4.78 is 5.19. The van der Waals surface area contributed by atoms with Gasteiger partial charge < -0.3 is 15.8 Å². The summed E-state index contributed by atoms with van der Waals surface area (Å²) in [7, 11) is 1.63. The molecule has 0 aliphatic heterocycles. The standard InChI is InChI=1S/C15H24N2O2/c1-10-9-11(7-8-12(10)19-6)17-13(18)14(2,3)15(4,5)16/h7-9H,16H2,1-6H3,(H,17,18). The molecule has 1 aromatic rings. The lowest BCUT2D eigenvalue weighted by molar-refractivity contribution is -0.126. The van der Waals surface area contributed by atoms with Gasteiger partial charge in [0.05, 0.1) is 12.5 Å². The number of nitrogens with two attached hydrogens (primary N) is 1. The molecule has 0 fully saturated rings. The van der Waals surface area contributed by atoms with Gasteiger partial charge in [0.15, 0.2) is 0 Å². The van der Waals surface area contributed by atoms with E-state index in [0.29, 0.717) is 0 Å². The summed E-state index contributed by atoms with van der Waals surface area (Å²) in [6, 6.07) is 5.55. The molecule has 0 saturated heterocycles. The SMILES string of the molecule is COc1ccc(NC(=O)C(C)(C)C(C)(C)N)cc1C. The maximum atomic E-state index is 12.3. The Balaban J connectivity index is 2.92. The number of anilines is 1. The Morgan fingerprint density at radius 3 is 2.26 bits per heavy atom. The number of methoxy groups -OCH3 is 1. The predicted molar refractivity (Wildman–Crippen MR) is 78.4 cm³/mol. The van der Waals surface area contributed by atoms with E-state index in [1.165, 1.54) is 0 Å². The minimum atomic E-state index is -0.666. The second kappa shape index (κ2) is 5.21. The molecule has 3 N–H and O–H groups in total. The average Bonchev–Trinajstić information content (AvgIpc) is 2.27. The summed E-state index contributed by atoms with van der Waals surface area (Å²) in [5, 5.41) is 2.91. The van der Waals surface area contributed by atoms with Crippen molar-refractivity contribution in [2.45, 2.75) is 40.2 Å². The Hall–Kier alpha value is -1.55. The van der Waals surface area contributed by atoms with Crippen LogP contribution >= 0.6 is 0 Å². The molecule has 1 rings (SSSR count). The van der Waals surface area contributed by atoms with E-state index < -0.39 is 11.0 Å². The van der Waals surface area contributed by atoms with Gasteiger partial charge in [0.1, 0.15) is 5.75 Å². The minimum absolute atomic E-state index is 0.0930. The number of amides is 1. The van der Waals surface area contributed by atoms with Crippen LogP contribution in [0.3, 0.4) is 0 Å². The second-order valence-corrected chi connectivity index (χ2v) is 5.99. The van der Waals surface area contributed by atoms with Gasteiger partial charge >= 0.3 is 0 Å². The van der Waals surface area contributed by atoms with E-state index in [2.05, 4.69) is 5.32 Å². The van der Waals surface area contributed by atoms with E-state index in [9.17, 15) is 4.79 Å². The van der Waals surface area contributed by atoms with Gasteiger partial charge in [0.25, 0.3) is 0 Å². The van der Waals surface area contributed by atoms with Gasteiger partial charge in [-0.3, -0.25) is 4.79 Å².